The molecule has 0 saturated carbocycles. The molecule has 1 aromatic rings. The van der Waals surface area contributed by atoms with Gasteiger partial charge in [0.2, 0.25) is 12.7 Å². The molecule has 2 saturated heterocycles. The summed E-state index contributed by atoms with van der Waals surface area (Å²) >= 11 is 0. The van der Waals surface area contributed by atoms with E-state index in [1.165, 1.54) is 5.56 Å². The average Bonchev–Trinajstić information content (AvgIpc) is 3.19. The maximum atomic E-state index is 11.8. The molecule has 4 rings (SSSR count). The molecule has 3 aliphatic heterocycles. The first-order chi connectivity index (χ1) is 11.2. The lowest BCUT2D eigenvalue weighted by Gasteiger charge is -2.34. The van der Waals surface area contributed by atoms with Crippen molar-refractivity contribution in [2.75, 3.05) is 26.9 Å². The molecule has 6 nitrogen and oxygen atoms in total. The number of nitrogens with one attached hydrogen (secondary N) is 1. The Hall–Kier alpha value is -1.79. The summed E-state index contributed by atoms with van der Waals surface area (Å²) < 4.78 is 16.8. The second-order valence-corrected chi connectivity index (χ2v) is 6.48. The van der Waals surface area contributed by atoms with Crippen LogP contribution in [0.15, 0.2) is 18.2 Å². The maximum Gasteiger partial charge on any atom is 0.248 e. The third-order valence-corrected chi connectivity index (χ3v) is 5.02. The minimum absolute atomic E-state index is 0.00159. The van der Waals surface area contributed by atoms with Crippen molar-refractivity contribution in [2.45, 2.75) is 31.6 Å². The number of ether oxygens (including phenoxy) is 3. The van der Waals surface area contributed by atoms with E-state index in [0.717, 1.165) is 44.0 Å². The molecular formula is C17H22N2O4. The highest BCUT2D eigenvalue weighted by Crippen LogP contribution is 2.35. The number of nitrogens with zero attached hydrogens (tertiary/aromatic N) is 1. The zero-order valence-electron chi connectivity index (χ0n) is 13.3. The number of fused-ring (bicyclic) bond motifs is 2. The van der Waals surface area contributed by atoms with Crippen LogP contribution < -0.4 is 14.8 Å². The average molecular weight is 318 g/mol. The predicted molar refractivity (Wildman–Crippen MR) is 83.3 cm³/mol. The smallest absolute Gasteiger partial charge is 0.248 e. The van der Waals surface area contributed by atoms with Gasteiger partial charge in [0.1, 0.15) is 6.10 Å². The normalized spacial score (nSPS) is 29.3. The van der Waals surface area contributed by atoms with Crippen LogP contribution in [0.3, 0.4) is 0 Å². The number of amides is 1. The lowest BCUT2D eigenvalue weighted by molar-refractivity contribution is -0.132. The van der Waals surface area contributed by atoms with Gasteiger partial charge in [-0.15, -0.1) is 0 Å². The summed E-state index contributed by atoms with van der Waals surface area (Å²) in [6.07, 6.45) is 1.82. The predicted octanol–water partition coefficient (Wildman–Crippen LogP) is 1.14. The molecule has 0 aromatic heterocycles. The van der Waals surface area contributed by atoms with Gasteiger partial charge in [-0.3, -0.25) is 9.69 Å². The van der Waals surface area contributed by atoms with Crippen molar-refractivity contribution in [3.05, 3.63) is 23.8 Å². The number of piperidine rings is 1. The van der Waals surface area contributed by atoms with Crippen molar-refractivity contribution in [1.29, 1.82) is 0 Å². The Bertz CT molecular complexity index is 606. The third kappa shape index (κ3) is 2.88. The van der Waals surface area contributed by atoms with Gasteiger partial charge in [0.25, 0.3) is 0 Å². The zero-order valence-corrected chi connectivity index (χ0v) is 13.3. The largest absolute Gasteiger partial charge is 0.454 e. The van der Waals surface area contributed by atoms with Gasteiger partial charge in [0, 0.05) is 20.1 Å². The van der Waals surface area contributed by atoms with Crippen LogP contribution in [0.4, 0.5) is 0 Å². The number of benzene rings is 1. The van der Waals surface area contributed by atoms with Crippen molar-refractivity contribution in [2.24, 2.45) is 5.92 Å². The summed E-state index contributed by atoms with van der Waals surface area (Å²) in [6.45, 7) is 3.10. The molecule has 0 bridgehead atoms. The fourth-order valence-corrected chi connectivity index (χ4v) is 3.77. The van der Waals surface area contributed by atoms with E-state index in [2.05, 4.69) is 22.3 Å². The van der Waals surface area contributed by atoms with E-state index in [1.54, 1.807) is 7.05 Å². The Morgan fingerprint density at radius 1 is 1.35 bits per heavy atom. The van der Waals surface area contributed by atoms with Gasteiger partial charge >= 0.3 is 0 Å². The third-order valence-electron chi connectivity index (χ3n) is 5.02. The number of hydrogen-bond donors (Lipinski definition) is 1. The van der Waals surface area contributed by atoms with E-state index >= 15 is 0 Å². The Morgan fingerprint density at radius 3 is 3.09 bits per heavy atom. The minimum Gasteiger partial charge on any atom is -0.454 e. The van der Waals surface area contributed by atoms with E-state index in [4.69, 9.17) is 14.2 Å². The van der Waals surface area contributed by atoms with Crippen molar-refractivity contribution in [3.8, 4) is 11.5 Å². The van der Waals surface area contributed by atoms with Crippen LogP contribution in [0.25, 0.3) is 0 Å². The number of carbonyl (C=O) groups is 1. The highest BCUT2D eigenvalue weighted by atomic mass is 16.7. The van der Waals surface area contributed by atoms with Gasteiger partial charge in [-0.05, 0) is 43.0 Å². The van der Waals surface area contributed by atoms with E-state index in [0.29, 0.717) is 12.7 Å². The van der Waals surface area contributed by atoms with Crippen LogP contribution in [-0.2, 0) is 16.1 Å². The first-order valence-electron chi connectivity index (χ1n) is 8.21. The SMILES string of the molecule is CNC(=O)[C@@H]1C[C@H]2CCN(Cc3ccc4c(c3)OCO4)C[C@@H]2O1. The number of rotatable bonds is 3. The molecule has 2 fully saturated rings. The number of hydrogen-bond acceptors (Lipinski definition) is 5. The van der Waals surface area contributed by atoms with E-state index in [1.807, 2.05) is 6.07 Å². The van der Waals surface area contributed by atoms with Crippen molar-refractivity contribution < 1.29 is 19.0 Å². The Labute approximate surface area is 135 Å². The van der Waals surface area contributed by atoms with Crippen molar-refractivity contribution >= 4 is 5.91 Å². The lowest BCUT2D eigenvalue weighted by atomic mass is 9.91. The monoisotopic (exact) mass is 318 g/mol. The van der Waals surface area contributed by atoms with Crippen LogP contribution in [0.2, 0.25) is 0 Å². The first-order valence-corrected chi connectivity index (χ1v) is 8.21. The Balaban J connectivity index is 1.38. The highest BCUT2D eigenvalue weighted by molar-refractivity contribution is 5.80. The van der Waals surface area contributed by atoms with Gasteiger partial charge < -0.3 is 19.5 Å². The summed E-state index contributed by atoms with van der Waals surface area (Å²) in [7, 11) is 1.67. The number of likely N-dealkylation sites (N-methyl/N-ethyl adjacent to an activating group) is 1. The standard InChI is InChI=1S/C17H22N2O4/c1-18-17(20)15-7-12-4-5-19(9-16(12)23-15)8-11-2-3-13-14(6-11)22-10-21-13/h2-3,6,12,15-16H,4-5,7-10H2,1H3,(H,18,20)/t12-,15+,16+/m1/s1. The zero-order chi connectivity index (χ0) is 15.8. The molecule has 3 atom stereocenters. The summed E-state index contributed by atoms with van der Waals surface area (Å²) in [6, 6.07) is 6.11. The van der Waals surface area contributed by atoms with Crippen LogP contribution in [0.5, 0.6) is 11.5 Å². The number of likely N-dealkylation sites (tertiary alicyclic amines) is 1. The van der Waals surface area contributed by atoms with Gasteiger partial charge in [0.15, 0.2) is 11.5 Å². The molecule has 3 heterocycles. The lowest BCUT2D eigenvalue weighted by Crippen LogP contribution is -2.42. The van der Waals surface area contributed by atoms with E-state index in [-0.39, 0.29) is 18.1 Å². The van der Waals surface area contributed by atoms with Gasteiger partial charge in [-0.2, -0.15) is 0 Å². The fraction of sp³-hybridized carbons (Fsp3) is 0.588. The Kier molecular flexibility index (Phi) is 3.87. The summed E-state index contributed by atoms with van der Waals surface area (Å²) in [5.74, 6) is 2.15. The Morgan fingerprint density at radius 2 is 2.22 bits per heavy atom. The topological polar surface area (TPSA) is 60.0 Å². The summed E-state index contributed by atoms with van der Waals surface area (Å²) in [5, 5.41) is 2.69. The van der Waals surface area contributed by atoms with Gasteiger partial charge in [0.05, 0.1) is 6.10 Å². The molecule has 1 amide bonds. The van der Waals surface area contributed by atoms with Crippen molar-refractivity contribution in [1.82, 2.24) is 10.2 Å². The molecule has 0 unspecified atom stereocenters. The van der Waals surface area contributed by atoms with Crippen LogP contribution in [0.1, 0.15) is 18.4 Å². The van der Waals surface area contributed by atoms with Crippen LogP contribution >= 0.6 is 0 Å². The molecular weight excluding hydrogens is 296 g/mol. The summed E-state index contributed by atoms with van der Waals surface area (Å²) in [4.78, 5) is 14.2. The molecule has 23 heavy (non-hydrogen) atoms. The molecule has 0 aliphatic carbocycles. The van der Waals surface area contributed by atoms with Crippen LogP contribution in [-0.4, -0.2) is 49.9 Å². The molecule has 0 spiro atoms. The molecule has 0 radical (unpaired) electrons. The number of carbonyl (C=O) groups excluding carboxylic acids is 1. The first kappa shape index (κ1) is 14.8. The maximum absolute atomic E-state index is 11.8. The molecule has 1 aromatic carbocycles. The van der Waals surface area contributed by atoms with E-state index < -0.39 is 0 Å². The fourth-order valence-electron chi connectivity index (χ4n) is 3.77. The molecule has 6 heteroatoms. The van der Waals surface area contributed by atoms with Crippen LogP contribution in [0, 0.1) is 5.92 Å². The second kappa shape index (κ2) is 6.02. The second-order valence-electron chi connectivity index (χ2n) is 6.48. The molecule has 1 N–H and O–H groups in total. The van der Waals surface area contributed by atoms with Gasteiger partial charge in [-0.1, -0.05) is 6.07 Å². The quantitative estimate of drug-likeness (QED) is 0.906. The van der Waals surface area contributed by atoms with Gasteiger partial charge in [-0.25, -0.2) is 0 Å². The highest BCUT2D eigenvalue weighted by Gasteiger charge is 2.41. The molecule has 124 valence electrons. The minimum atomic E-state index is -0.277. The molecule has 3 aliphatic rings. The van der Waals surface area contributed by atoms with E-state index in [9.17, 15) is 4.79 Å². The summed E-state index contributed by atoms with van der Waals surface area (Å²) in [5.41, 5.74) is 1.22. The van der Waals surface area contributed by atoms with Crippen molar-refractivity contribution in [3.63, 3.8) is 0 Å².